The van der Waals surface area contributed by atoms with E-state index in [2.05, 4.69) is 5.32 Å². The zero-order valence-electron chi connectivity index (χ0n) is 11.7. The predicted octanol–water partition coefficient (Wildman–Crippen LogP) is 1.41. The number of aliphatic carboxylic acids is 1. The van der Waals surface area contributed by atoms with Crippen LogP contribution < -0.4 is 5.32 Å². The maximum absolute atomic E-state index is 11.7. The first-order valence-electron chi connectivity index (χ1n) is 7.37. The summed E-state index contributed by atoms with van der Waals surface area (Å²) < 4.78 is 11.2. The summed E-state index contributed by atoms with van der Waals surface area (Å²) in [6, 6.07) is 0. The van der Waals surface area contributed by atoms with Gasteiger partial charge in [-0.2, -0.15) is 0 Å². The predicted molar refractivity (Wildman–Crippen MR) is 71.2 cm³/mol. The van der Waals surface area contributed by atoms with Crippen LogP contribution in [0.3, 0.4) is 0 Å². The van der Waals surface area contributed by atoms with Crippen LogP contribution in [0.5, 0.6) is 0 Å². The minimum Gasteiger partial charge on any atom is -0.480 e. The zero-order valence-corrected chi connectivity index (χ0v) is 11.7. The van der Waals surface area contributed by atoms with Crippen molar-refractivity contribution in [2.75, 3.05) is 26.4 Å². The molecule has 1 aliphatic heterocycles. The number of carboxylic acid groups (broad SMARTS) is 1. The van der Waals surface area contributed by atoms with E-state index in [1.807, 2.05) is 6.92 Å². The molecule has 0 aromatic carbocycles. The van der Waals surface area contributed by atoms with Crippen LogP contribution in [0.1, 0.15) is 39.0 Å². The van der Waals surface area contributed by atoms with Crippen molar-refractivity contribution in [2.24, 2.45) is 5.92 Å². The second kappa shape index (κ2) is 6.68. The molecule has 2 fully saturated rings. The first-order chi connectivity index (χ1) is 9.19. The maximum Gasteiger partial charge on any atom is 0.326 e. The van der Waals surface area contributed by atoms with Gasteiger partial charge >= 0.3 is 5.97 Å². The highest BCUT2D eigenvalue weighted by Gasteiger charge is 2.51. The monoisotopic (exact) mass is 271 g/mol. The van der Waals surface area contributed by atoms with Crippen LogP contribution in [0.15, 0.2) is 0 Å². The van der Waals surface area contributed by atoms with Crippen LogP contribution in [0, 0.1) is 5.92 Å². The molecule has 0 radical (unpaired) electrons. The summed E-state index contributed by atoms with van der Waals surface area (Å²) in [6.07, 6.45) is 5.13. The van der Waals surface area contributed by atoms with Gasteiger partial charge in [-0.25, -0.2) is 0 Å². The average Bonchev–Trinajstić information content (AvgIpc) is 3.11. The topological polar surface area (TPSA) is 67.8 Å². The third kappa shape index (κ3) is 3.68. The van der Waals surface area contributed by atoms with Gasteiger partial charge in [0, 0.05) is 6.61 Å². The number of carboxylic acids is 1. The van der Waals surface area contributed by atoms with Gasteiger partial charge in [-0.05, 0) is 44.6 Å². The summed E-state index contributed by atoms with van der Waals surface area (Å²) in [6.45, 7) is 4.31. The lowest BCUT2D eigenvalue weighted by Gasteiger charge is -2.31. The Balaban J connectivity index is 1.86. The SMILES string of the molecule is CCCNC(COCC1CCCO1)(C(=O)O)C1CC1. The molecule has 2 atom stereocenters. The minimum absolute atomic E-state index is 0.150. The highest BCUT2D eigenvalue weighted by Crippen LogP contribution is 2.40. The molecule has 2 aliphatic rings. The van der Waals surface area contributed by atoms with Gasteiger partial charge in [-0.3, -0.25) is 10.1 Å². The van der Waals surface area contributed by atoms with Crippen LogP contribution in [0.4, 0.5) is 0 Å². The number of rotatable bonds is 9. The number of hydrogen-bond donors (Lipinski definition) is 2. The Morgan fingerprint density at radius 1 is 1.47 bits per heavy atom. The molecule has 0 aromatic rings. The summed E-state index contributed by atoms with van der Waals surface area (Å²) in [5.41, 5.74) is -0.894. The van der Waals surface area contributed by atoms with Gasteiger partial charge in [-0.1, -0.05) is 6.92 Å². The molecule has 2 N–H and O–H groups in total. The smallest absolute Gasteiger partial charge is 0.326 e. The lowest BCUT2D eigenvalue weighted by atomic mass is 9.94. The summed E-state index contributed by atoms with van der Waals surface area (Å²) in [4.78, 5) is 11.7. The third-order valence-electron chi connectivity index (χ3n) is 4.00. The Labute approximate surface area is 114 Å². The molecule has 0 amide bonds. The Morgan fingerprint density at radius 3 is 2.79 bits per heavy atom. The molecule has 0 spiro atoms. The van der Waals surface area contributed by atoms with E-state index in [1.54, 1.807) is 0 Å². The molecule has 1 heterocycles. The first-order valence-corrected chi connectivity index (χ1v) is 7.37. The van der Waals surface area contributed by atoms with Gasteiger partial charge in [-0.15, -0.1) is 0 Å². The Hall–Kier alpha value is -0.650. The van der Waals surface area contributed by atoms with Crippen molar-refractivity contribution in [1.82, 2.24) is 5.32 Å². The van der Waals surface area contributed by atoms with Crippen LogP contribution in [-0.4, -0.2) is 49.1 Å². The van der Waals surface area contributed by atoms with Gasteiger partial charge in [0.05, 0.1) is 19.3 Å². The Bertz CT molecular complexity index is 300. The van der Waals surface area contributed by atoms with E-state index in [0.29, 0.717) is 13.2 Å². The highest BCUT2D eigenvalue weighted by atomic mass is 16.5. The number of carbonyl (C=O) groups is 1. The van der Waals surface area contributed by atoms with Crippen molar-refractivity contribution in [3.05, 3.63) is 0 Å². The molecule has 1 saturated carbocycles. The zero-order chi connectivity index (χ0) is 13.7. The van der Waals surface area contributed by atoms with Gasteiger partial charge < -0.3 is 14.6 Å². The van der Waals surface area contributed by atoms with Crippen molar-refractivity contribution < 1.29 is 19.4 Å². The summed E-state index contributed by atoms with van der Waals surface area (Å²) in [5, 5.41) is 12.8. The fourth-order valence-electron chi connectivity index (χ4n) is 2.68. The lowest BCUT2D eigenvalue weighted by molar-refractivity contribution is -0.150. The second-order valence-electron chi connectivity index (χ2n) is 5.63. The average molecular weight is 271 g/mol. The number of hydrogen-bond acceptors (Lipinski definition) is 4. The van der Waals surface area contributed by atoms with Crippen LogP contribution in [0.2, 0.25) is 0 Å². The van der Waals surface area contributed by atoms with Crippen molar-refractivity contribution in [3.8, 4) is 0 Å². The van der Waals surface area contributed by atoms with E-state index in [1.165, 1.54) is 0 Å². The molecule has 0 aromatic heterocycles. The fourth-order valence-corrected chi connectivity index (χ4v) is 2.68. The van der Waals surface area contributed by atoms with E-state index in [9.17, 15) is 9.90 Å². The van der Waals surface area contributed by atoms with Gasteiger partial charge in [0.25, 0.3) is 0 Å². The van der Waals surface area contributed by atoms with Crippen LogP contribution in [-0.2, 0) is 14.3 Å². The highest BCUT2D eigenvalue weighted by molar-refractivity contribution is 5.80. The molecule has 2 rings (SSSR count). The van der Waals surface area contributed by atoms with Crippen molar-refractivity contribution in [3.63, 3.8) is 0 Å². The van der Waals surface area contributed by atoms with Gasteiger partial charge in [0.15, 0.2) is 0 Å². The molecular weight excluding hydrogens is 246 g/mol. The second-order valence-corrected chi connectivity index (χ2v) is 5.63. The third-order valence-corrected chi connectivity index (χ3v) is 4.00. The van der Waals surface area contributed by atoms with E-state index in [-0.39, 0.29) is 18.6 Å². The molecule has 110 valence electrons. The number of ether oxygens (including phenoxy) is 2. The van der Waals surface area contributed by atoms with E-state index in [0.717, 1.165) is 38.7 Å². The molecular formula is C14H25NO4. The Morgan fingerprint density at radius 2 is 2.26 bits per heavy atom. The van der Waals surface area contributed by atoms with Crippen molar-refractivity contribution in [2.45, 2.75) is 50.7 Å². The first kappa shape index (κ1) is 14.8. The summed E-state index contributed by atoms with van der Waals surface area (Å²) in [5.74, 6) is -0.572. The largest absolute Gasteiger partial charge is 0.480 e. The molecule has 2 unspecified atom stereocenters. The lowest BCUT2D eigenvalue weighted by Crippen LogP contribution is -2.58. The van der Waals surface area contributed by atoms with Crippen LogP contribution in [0.25, 0.3) is 0 Å². The summed E-state index contributed by atoms with van der Waals surface area (Å²) in [7, 11) is 0. The van der Waals surface area contributed by atoms with Gasteiger partial charge in [0.1, 0.15) is 5.54 Å². The molecule has 0 bridgehead atoms. The molecule has 1 aliphatic carbocycles. The van der Waals surface area contributed by atoms with Crippen LogP contribution >= 0.6 is 0 Å². The fraction of sp³-hybridized carbons (Fsp3) is 0.929. The van der Waals surface area contributed by atoms with Crippen molar-refractivity contribution in [1.29, 1.82) is 0 Å². The standard InChI is InChI=1S/C14H25NO4/c1-2-7-15-14(13(16)17,11-5-6-11)10-18-9-12-4-3-8-19-12/h11-12,15H,2-10H2,1H3,(H,16,17). The summed E-state index contributed by atoms with van der Waals surface area (Å²) >= 11 is 0. The minimum atomic E-state index is -0.894. The van der Waals surface area contributed by atoms with E-state index in [4.69, 9.17) is 9.47 Å². The van der Waals surface area contributed by atoms with E-state index < -0.39 is 11.5 Å². The molecule has 19 heavy (non-hydrogen) atoms. The quantitative estimate of drug-likeness (QED) is 0.664. The Kier molecular flexibility index (Phi) is 5.19. The molecule has 5 nitrogen and oxygen atoms in total. The molecule has 1 saturated heterocycles. The van der Waals surface area contributed by atoms with E-state index >= 15 is 0 Å². The maximum atomic E-state index is 11.7. The molecule has 5 heteroatoms. The van der Waals surface area contributed by atoms with Crippen molar-refractivity contribution >= 4 is 5.97 Å². The normalized spacial score (nSPS) is 26.3. The van der Waals surface area contributed by atoms with Gasteiger partial charge in [0.2, 0.25) is 0 Å². The number of nitrogens with one attached hydrogen (secondary N) is 1.